The van der Waals surface area contributed by atoms with E-state index in [2.05, 4.69) is 18.3 Å². The van der Waals surface area contributed by atoms with Crippen LogP contribution in [0.3, 0.4) is 0 Å². The smallest absolute Gasteiger partial charge is 0.244 e. The predicted molar refractivity (Wildman–Crippen MR) is 79.4 cm³/mol. The van der Waals surface area contributed by atoms with E-state index in [1.807, 2.05) is 29.2 Å². The molecule has 0 saturated carbocycles. The average molecular weight is 271 g/mol. The van der Waals surface area contributed by atoms with Crippen molar-refractivity contribution in [1.29, 1.82) is 5.26 Å². The lowest BCUT2D eigenvalue weighted by atomic mass is 10.0. The molecule has 1 amide bonds. The Morgan fingerprint density at radius 1 is 1.40 bits per heavy atom. The van der Waals surface area contributed by atoms with Gasteiger partial charge in [-0.05, 0) is 43.5 Å². The van der Waals surface area contributed by atoms with E-state index in [4.69, 9.17) is 5.26 Å². The summed E-state index contributed by atoms with van der Waals surface area (Å²) in [5, 5.41) is 12.0. The first-order valence-corrected chi connectivity index (χ1v) is 7.27. The molecule has 106 valence electrons. The van der Waals surface area contributed by atoms with Gasteiger partial charge in [-0.25, -0.2) is 0 Å². The van der Waals surface area contributed by atoms with Crippen molar-refractivity contribution in [2.75, 3.05) is 18.0 Å². The van der Waals surface area contributed by atoms with Crippen molar-refractivity contribution in [3.05, 3.63) is 29.8 Å². The van der Waals surface area contributed by atoms with Gasteiger partial charge in [0.2, 0.25) is 5.91 Å². The van der Waals surface area contributed by atoms with E-state index in [9.17, 15) is 4.79 Å². The fraction of sp³-hybridized carbons (Fsp3) is 0.500. The van der Waals surface area contributed by atoms with Crippen LogP contribution in [-0.4, -0.2) is 25.0 Å². The lowest BCUT2D eigenvalue weighted by molar-refractivity contribution is -0.121. The molecule has 0 radical (unpaired) electrons. The van der Waals surface area contributed by atoms with Crippen molar-refractivity contribution in [2.24, 2.45) is 0 Å². The van der Waals surface area contributed by atoms with E-state index in [-0.39, 0.29) is 11.9 Å². The minimum Gasteiger partial charge on any atom is -0.311 e. The molecule has 1 N–H and O–H groups in total. The van der Waals surface area contributed by atoms with Gasteiger partial charge < -0.3 is 10.2 Å². The van der Waals surface area contributed by atoms with Gasteiger partial charge in [-0.2, -0.15) is 5.26 Å². The molecule has 20 heavy (non-hydrogen) atoms. The van der Waals surface area contributed by atoms with Crippen molar-refractivity contribution in [3.63, 3.8) is 0 Å². The Labute approximate surface area is 120 Å². The summed E-state index contributed by atoms with van der Waals surface area (Å²) in [6.07, 6.45) is 3.39. The topological polar surface area (TPSA) is 56.1 Å². The fourth-order valence-electron chi connectivity index (χ4n) is 2.52. The number of nitrogens with zero attached hydrogens (tertiary/aromatic N) is 2. The minimum absolute atomic E-state index is 0.0533. The van der Waals surface area contributed by atoms with E-state index in [0.717, 1.165) is 43.6 Å². The Morgan fingerprint density at radius 3 is 2.80 bits per heavy atom. The Bertz CT molecular complexity index is 489. The molecular weight excluding hydrogens is 250 g/mol. The Hall–Kier alpha value is -1.86. The highest BCUT2D eigenvalue weighted by Crippen LogP contribution is 2.21. The SMILES string of the molecule is CCCNC1CCCN(c2ccc(CC#N)cc2)C1=O. The molecule has 2 rings (SSSR count). The highest BCUT2D eigenvalue weighted by Gasteiger charge is 2.28. The van der Waals surface area contributed by atoms with Crippen molar-refractivity contribution in [1.82, 2.24) is 5.32 Å². The quantitative estimate of drug-likeness (QED) is 0.893. The third-order valence-electron chi connectivity index (χ3n) is 3.61. The number of nitrogens with one attached hydrogen (secondary N) is 1. The summed E-state index contributed by atoms with van der Waals surface area (Å²) in [4.78, 5) is 14.3. The van der Waals surface area contributed by atoms with E-state index in [0.29, 0.717) is 6.42 Å². The highest BCUT2D eigenvalue weighted by atomic mass is 16.2. The number of carbonyl (C=O) groups excluding carboxylic acids is 1. The summed E-state index contributed by atoms with van der Waals surface area (Å²) in [5.41, 5.74) is 1.92. The second kappa shape index (κ2) is 7.06. The fourth-order valence-corrected chi connectivity index (χ4v) is 2.52. The molecule has 1 fully saturated rings. The largest absolute Gasteiger partial charge is 0.311 e. The van der Waals surface area contributed by atoms with Gasteiger partial charge in [-0.3, -0.25) is 4.79 Å². The van der Waals surface area contributed by atoms with E-state index < -0.39 is 0 Å². The zero-order valence-electron chi connectivity index (χ0n) is 11.9. The monoisotopic (exact) mass is 271 g/mol. The molecule has 0 bridgehead atoms. The number of rotatable bonds is 5. The Morgan fingerprint density at radius 2 is 2.15 bits per heavy atom. The molecule has 1 aliphatic heterocycles. The average Bonchev–Trinajstić information content (AvgIpc) is 2.48. The zero-order chi connectivity index (χ0) is 14.4. The first-order valence-electron chi connectivity index (χ1n) is 7.27. The molecule has 1 heterocycles. The molecule has 0 aliphatic carbocycles. The third-order valence-corrected chi connectivity index (χ3v) is 3.61. The van der Waals surface area contributed by atoms with Gasteiger partial charge in [0.05, 0.1) is 18.5 Å². The number of hydrogen-bond acceptors (Lipinski definition) is 3. The van der Waals surface area contributed by atoms with Crippen LogP contribution in [-0.2, 0) is 11.2 Å². The summed E-state index contributed by atoms with van der Waals surface area (Å²) in [6, 6.07) is 9.80. The van der Waals surface area contributed by atoms with Gasteiger partial charge in [0.1, 0.15) is 0 Å². The molecule has 4 nitrogen and oxygen atoms in total. The van der Waals surface area contributed by atoms with Crippen LogP contribution in [0.1, 0.15) is 31.7 Å². The minimum atomic E-state index is -0.0533. The maximum absolute atomic E-state index is 12.5. The van der Waals surface area contributed by atoms with Gasteiger partial charge in [0.25, 0.3) is 0 Å². The first kappa shape index (κ1) is 14.5. The van der Waals surface area contributed by atoms with Gasteiger partial charge in [-0.1, -0.05) is 19.1 Å². The summed E-state index contributed by atoms with van der Waals surface area (Å²) < 4.78 is 0. The molecular formula is C16H21N3O. The van der Waals surface area contributed by atoms with Crippen molar-refractivity contribution >= 4 is 11.6 Å². The number of anilines is 1. The normalized spacial score (nSPS) is 18.9. The van der Waals surface area contributed by atoms with Crippen molar-refractivity contribution < 1.29 is 4.79 Å². The van der Waals surface area contributed by atoms with Crippen LogP contribution in [0.5, 0.6) is 0 Å². The van der Waals surface area contributed by atoms with Crippen molar-refractivity contribution in [2.45, 2.75) is 38.6 Å². The third kappa shape index (κ3) is 3.37. The maximum Gasteiger partial charge on any atom is 0.244 e. The summed E-state index contributed by atoms with van der Waals surface area (Å²) in [7, 11) is 0. The molecule has 1 saturated heterocycles. The molecule has 0 aromatic heterocycles. The predicted octanol–water partition coefficient (Wildman–Crippen LogP) is 2.25. The second-order valence-electron chi connectivity index (χ2n) is 5.14. The second-order valence-corrected chi connectivity index (χ2v) is 5.14. The molecule has 1 aromatic carbocycles. The number of piperidine rings is 1. The van der Waals surface area contributed by atoms with Crippen molar-refractivity contribution in [3.8, 4) is 6.07 Å². The Balaban J connectivity index is 2.07. The number of hydrogen-bond donors (Lipinski definition) is 1. The number of nitriles is 1. The molecule has 1 atom stereocenters. The van der Waals surface area contributed by atoms with Crippen LogP contribution in [0.15, 0.2) is 24.3 Å². The number of carbonyl (C=O) groups is 1. The summed E-state index contributed by atoms with van der Waals surface area (Å²) in [5.74, 6) is 0.165. The van der Waals surface area contributed by atoms with E-state index in [1.54, 1.807) is 0 Å². The van der Waals surface area contributed by atoms with Crippen LogP contribution in [0.25, 0.3) is 0 Å². The standard InChI is InChI=1S/C16H21N3O/c1-2-11-18-15-4-3-12-19(16(15)20)14-7-5-13(6-8-14)9-10-17/h5-8,15,18H,2-4,9,11-12H2,1H3. The molecule has 1 aliphatic rings. The number of amides is 1. The van der Waals surface area contributed by atoms with E-state index in [1.165, 1.54) is 0 Å². The number of benzene rings is 1. The van der Waals surface area contributed by atoms with Gasteiger partial charge in [0.15, 0.2) is 0 Å². The van der Waals surface area contributed by atoms with E-state index >= 15 is 0 Å². The van der Waals surface area contributed by atoms with Crippen LogP contribution < -0.4 is 10.2 Å². The van der Waals surface area contributed by atoms with Gasteiger partial charge in [0, 0.05) is 12.2 Å². The van der Waals surface area contributed by atoms with Crippen LogP contribution in [0.2, 0.25) is 0 Å². The lowest BCUT2D eigenvalue weighted by Gasteiger charge is -2.32. The molecule has 4 heteroatoms. The molecule has 1 unspecified atom stereocenters. The summed E-state index contributed by atoms with van der Waals surface area (Å²) >= 11 is 0. The van der Waals surface area contributed by atoms with Crippen LogP contribution in [0.4, 0.5) is 5.69 Å². The summed E-state index contributed by atoms with van der Waals surface area (Å²) in [6.45, 7) is 3.76. The lowest BCUT2D eigenvalue weighted by Crippen LogP contribution is -2.51. The zero-order valence-corrected chi connectivity index (χ0v) is 11.9. The maximum atomic E-state index is 12.5. The van der Waals surface area contributed by atoms with Gasteiger partial charge in [-0.15, -0.1) is 0 Å². The molecule has 0 spiro atoms. The van der Waals surface area contributed by atoms with Gasteiger partial charge >= 0.3 is 0 Å². The van der Waals surface area contributed by atoms with Crippen LogP contribution in [0, 0.1) is 11.3 Å². The first-order chi connectivity index (χ1) is 9.76. The molecule has 1 aromatic rings. The van der Waals surface area contributed by atoms with Crippen LogP contribution >= 0.6 is 0 Å². The highest BCUT2D eigenvalue weighted by molar-refractivity contribution is 5.97. The Kier molecular flexibility index (Phi) is 5.14.